The third kappa shape index (κ3) is 2.26. The maximum absolute atomic E-state index is 12.9. The van der Waals surface area contributed by atoms with Crippen LogP contribution in [0.15, 0.2) is 6.20 Å². The fourth-order valence-corrected chi connectivity index (χ4v) is 1.22. The molecule has 0 aromatic carbocycles. The van der Waals surface area contributed by atoms with Crippen LogP contribution in [0.5, 0.6) is 0 Å². The first-order valence-corrected chi connectivity index (χ1v) is 4.01. The van der Waals surface area contributed by atoms with Crippen LogP contribution in [0.1, 0.15) is 23.2 Å². The van der Waals surface area contributed by atoms with Gasteiger partial charge in [0, 0.05) is 12.1 Å². The van der Waals surface area contributed by atoms with Gasteiger partial charge in [0.2, 0.25) is 0 Å². The van der Waals surface area contributed by atoms with Gasteiger partial charge in [0.15, 0.2) is 0 Å². The molecule has 0 spiro atoms. The highest BCUT2D eigenvalue weighted by atomic mass is 19.4. The molecule has 1 rings (SSSR count). The summed E-state index contributed by atoms with van der Waals surface area (Å²) in [5.41, 5.74) is 0.610. The number of nitrogens with two attached hydrogens (primary N) is 1. The number of nitrogens with zero attached hydrogens (tertiary/aromatic N) is 1. The van der Waals surface area contributed by atoms with Crippen LogP contribution in [0.2, 0.25) is 0 Å². The number of pyridine rings is 1. The molecule has 0 aliphatic rings. The highest BCUT2D eigenvalue weighted by Gasteiger charge is 2.40. The number of aromatic nitrogens is 1. The molecular formula is C8H6F6N2. The lowest BCUT2D eigenvalue weighted by molar-refractivity contribution is -0.140. The van der Waals surface area contributed by atoms with E-state index in [4.69, 9.17) is 5.73 Å². The summed E-state index contributed by atoms with van der Waals surface area (Å²) in [5.74, 6) is -1.35. The Morgan fingerprint density at radius 2 is 1.88 bits per heavy atom. The molecule has 0 amide bonds. The maximum Gasteiger partial charge on any atom is 0.418 e. The summed E-state index contributed by atoms with van der Waals surface area (Å²) in [7, 11) is 0. The van der Waals surface area contributed by atoms with Crippen LogP contribution < -0.4 is 5.73 Å². The van der Waals surface area contributed by atoms with Crippen molar-refractivity contribution in [2.75, 3.05) is 0 Å². The lowest BCUT2D eigenvalue weighted by Gasteiger charge is -2.15. The second-order valence-corrected chi connectivity index (χ2v) is 2.85. The van der Waals surface area contributed by atoms with E-state index in [1.54, 1.807) is 0 Å². The van der Waals surface area contributed by atoms with Gasteiger partial charge in [-0.1, -0.05) is 0 Å². The molecule has 0 aliphatic carbocycles. The van der Waals surface area contributed by atoms with Crippen LogP contribution in [0.3, 0.4) is 0 Å². The summed E-state index contributed by atoms with van der Waals surface area (Å²) in [4.78, 5) is 2.75. The Labute approximate surface area is 86.1 Å². The van der Waals surface area contributed by atoms with Gasteiger partial charge in [-0.2, -0.15) is 13.2 Å². The van der Waals surface area contributed by atoms with Crippen LogP contribution in [0.4, 0.5) is 26.3 Å². The van der Waals surface area contributed by atoms with E-state index >= 15 is 0 Å². The molecule has 1 aromatic rings. The molecule has 0 bridgehead atoms. The summed E-state index contributed by atoms with van der Waals surface area (Å²) in [6.45, 7) is -0.830. The molecule has 0 fully saturated rings. The van der Waals surface area contributed by atoms with Gasteiger partial charge < -0.3 is 5.73 Å². The van der Waals surface area contributed by atoms with Crippen molar-refractivity contribution in [3.63, 3.8) is 0 Å². The molecule has 2 nitrogen and oxygen atoms in total. The Hall–Kier alpha value is -1.31. The monoisotopic (exact) mass is 244 g/mol. The van der Waals surface area contributed by atoms with Gasteiger partial charge >= 0.3 is 6.18 Å². The molecular weight excluding hydrogens is 238 g/mol. The van der Waals surface area contributed by atoms with Crippen molar-refractivity contribution in [2.45, 2.75) is 19.1 Å². The number of rotatable bonds is 2. The van der Waals surface area contributed by atoms with Gasteiger partial charge in [-0.25, -0.2) is 13.2 Å². The normalized spacial score (nSPS) is 12.2. The number of halogens is 6. The standard InChI is InChI=1S/C8H6F6N2/c9-4-2-16-6(7(10)11)5(3(4)1-15)8(12,13)14/h2,7H,1,15H2. The number of alkyl halides is 5. The van der Waals surface area contributed by atoms with Crippen LogP contribution in [0, 0.1) is 5.82 Å². The van der Waals surface area contributed by atoms with Gasteiger partial charge in [0.1, 0.15) is 11.5 Å². The van der Waals surface area contributed by atoms with Crippen LogP contribution in [0.25, 0.3) is 0 Å². The number of hydrogen-bond acceptors (Lipinski definition) is 2. The summed E-state index contributed by atoms with van der Waals surface area (Å²) in [6, 6.07) is 0. The molecule has 2 N–H and O–H groups in total. The Kier molecular flexibility index (Phi) is 3.41. The third-order valence-corrected chi connectivity index (χ3v) is 1.86. The molecule has 1 heterocycles. The molecule has 1 aromatic heterocycles. The summed E-state index contributed by atoms with van der Waals surface area (Å²) < 4.78 is 74.8. The lowest BCUT2D eigenvalue weighted by atomic mass is 10.1. The quantitative estimate of drug-likeness (QED) is 0.812. The van der Waals surface area contributed by atoms with Crippen molar-refractivity contribution in [3.05, 3.63) is 28.8 Å². The zero-order valence-corrected chi connectivity index (χ0v) is 7.65. The minimum Gasteiger partial charge on any atom is -0.326 e. The van der Waals surface area contributed by atoms with Crippen molar-refractivity contribution >= 4 is 0 Å². The minimum absolute atomic E-state index is 0.304. The van der Waals surface area contributed by atoms with Crippen molar-refractivity contribution in [1.29, 1.82) is 0 Å². The predicted molar refractivity (Wildman–Crippen MR) is 42.0 cm³/mol. The zero-order chi connectivity index (χ0) is 12.5. The molecule has 0 unspecified atom stereocenters. The maximum atomic E-state index is 12.9. The summed E-state index contributed by atoms with van der Waals surface area (Å²) in [5, 5.41) is 0. The zero-order valence-electron chi connectivity index (χ0n) is 7.65. The molecule has 0 radical (unpaired) electrons. The molecule has 0 saturated carbocycles. The topological polar surface area (TPSA) is 38.9 Å². The minimum atomic E-state index is -5.12. The average molecular weight is 244 g/mol. The molecule has 8 heteroatoms. The van der Waals surface area contributed by atoms with E-state index in [1.165, 1.54) is 0 Å². The molecule has 90 valence electrons. The predicted octanol–water partition coefficient (Wildman–Crippen LogP) is 2.64. The summed E-state index contributed by atoms with van der Waals surface area (Å²) >= 11 is 0. The SMILES string of the molecule is NCc1c(F)cnc(C(F)F)c1C(F)(F)F. The van der Waals surface area contributed by atoms with E-state index in [-0.39, 0.29) is 0 Å². The Bertz CT molecular complexity index is 387. The van der Waals surface area contributed by atoms with Crippen LogP contribution in [-0.4, -0.2) is 4.98 Å². The largest absolute Gasteiger partial charge is 0.418 e. The van der Waals surface area contributed by atoms with E-state index in [1.807, 2.05) is 0 Å². The van der Waals surface area contributed by atoms with E-state index in [0.29, 0.717) is 6.20 Å². The average Bonchev–Trinajstić information content (AvgIpc) is 2.15. The Balaban J connectivity index is 3.54. The fourth-order valence-electron chi connectivity index (χ4n) is 1.22. The second kappa shape index (κ2) is 4.28. The van der Waals surface area contributed by atoms with Crippen molar-refractivity contribution < 1.29 is 26.3 Å². The second-order valence-electron chi connectivity index (χ2n) is 2.85. The van der Waals surface area contributed by atoms with E-state index in [2.05, 4.69) is 4.98 Å². The fraction of sp³-hybridized carbons (Fsp3) is 0.375. The highest BCUT2D eigenvalue weighted by molar-refractivity contribution is 5.34. The van der Waals surface area contributed by atoms with E-state index < -0.39 is 41.8 Å². The number of hydrogen-bond donors (Lipinski definition) is 1. The van der Waals surface area contributed by atoms with Gasteiger partial charge in [0.05, 0.1) is 11.8 Å². The third-order valence-electron chi connectivity index (χ3n) is 1.86. The summed E-state index contributed by atoms with van der Waals surface area (Å²) in [6.07, 6.45) is -8.25. The van der Waals surface area contributed by atoms with Crippen molar-refractivity contribution in [1.82, 2.24) is 4.98 Å². The smallest absolute Gasteiger partial charge is 0.326 e. The first-order chi connectivity index (χ1) is 7.29. The van der Waals surface area contributed by atoms with E-state index in [0.717, 1.165) is 0 Å². The van der Waals surface area contributed by atoms with Crippen LogP contribution in [-0.2, 0) is 12.7 Å². The lowest BCUT2D eigenvalue weighted by Crippen LogP contribution is -2.18. The van der Waals surface area contributed by atoms with Gasteiger partial charge in [0.25, 0.3) is 6.43 Å². The molecule has 0 atom stereocenters. The van der Waals surface area contributed by atoms with Gasteiger partial charge in [-0.05, 0) is 0 Å². The van der Waals surface area contributed by atoms with Crippen LogP contribution >= 0.6 is 0 Å². The molecule has 0 aliphatic heterocycles. The molecule has 16 heavy (non-hydrogen) atoms. The van der Waals surface area contributed by atoms with Crippen molar-refractivity contribution in [3.8, 4) is 0 Å². The first-order valence-electron chi connectivity index (χ1n) is 4.01. The van der Waals surface area contributed by atoms with Crippen molar-refractivity contribution in [2.24, 2.45) is 5.73 Å². The highest BCUT2D eigenvalue weighted by Crippen LogP contribution is 2.38. The van der Waals surface area contributed by atoms with Gasteiger partial charge in [-0.15, -0.1) is 0 Å². The molecule has 0 saturated heterocycles. The first kappa shape index (κ1) is 12.8. The Morgan fingerprint density at radius 1 is 1.31 bits per heavy atom. The Morgan fingerprint density at radius 3 is 2.25 bits per heavy atom. The van der Waals surface area contributed by atoms with Gasteiger partial charge in [-0.3, -0.25) is 4.98 Å². The van der Waals surface area contributed by atoms with E-state index in [9.17, 15) is 26.3 Å².